The molecule has 2 aromatic carbocycles. The maximum atomic E-state index is 12.8. The molecule has 0 saturated heterocycles. The molecule has 12 heteroatoms. The van der Waals surface area contributed by atoms with Crippen molar-refractivity contribution < 1.29 is 13.5 Å². The number of nitrogens with one attached hydrogen (secondary N) is 3. The van der Waals surface area contributed by atoms with Crippen LogP contribution < -0.4 is 15.4 Å². The molecule has 0 atom stereocenters. The second-order valence-corrected chi connectivity index (χ2v) is 11.6. The van der Waals surface area contributed by atoms with Crippen LogP contribution in [0.4, 0.5) is 17.5 Å². The lowest BCUT2D eigenvalue weighted by Gasteiger charge is -2.26. The number of sulfonamides is 1. The summed E-state index contributed by atoms with van der Waals surface area (Å²) in [5.41, 5.74) is 2.76. The summed E-state index contributed by atoms with van der Waals surface area (Å²) >= 11 is 5.99. The van der Waals surface area contributed by atoms with Gasteiger partial charge < -0.3 is 20.3 Å². The van der Waals surface area contributed by atoms with Crippen molar-refractivity contribution in [3.8, 4) is 0 Å². The van der Waals surface area contributed by atoms with E-state index in [1.165, 1.54) is 12.1 Å². The molecule has 5 rings (SSSR count). The maximum Gasteiger partial charge on any atom is 0.240 e. The van der Waals surface area contributed by atoms with E-state index < -0.39 is 10.0 Å². The quantitative estimate of drug-likeness (QED) is 0.238. The molecule has 0 bridgehead atoms. The molecule has 1 saturated carbocycles. The fourth-order valence-corrected chi connectivity index (χ4v) is 5.72. The summed E-state index contributed by atoms with van der Waals surface area (Å²) < 4.78 is 30.2. The minimum Gasteiger partial charge on any atom is -0.393 e. The summed E-state index contributed by atoms with van der Waals surface area (Å²) in [6, 6.07) is 13.7. The van der Waals surface area contributed by atoms with Gasteiger partial charge >= 0.3 is 0 Å². The van der Waals surface area contributed by atoms with Crippen LogP contribution in [0.15, 0.2) is 59.8 Å². The van der Waals surface area contributed by atoms with E-state index in [-0.39, 0.29) is 23.6 Å². The second-order valence-electron chi connectivity index (χ2n) is 9.35. The molecule has 0 aliphatic heterocycles. The highest BCUT2D eigenvalue weighted by atomic mass is 35.5. The lowest BCUT2D eigenvalue weighted by atomic mass is 9.93. The largest absolute Gasteiger partial charge is 0.393 e. The van der Waals surface area contributed by atoms with Crippen LogP contribution >= 0.6 is 11.6 Å². The molecule has 0 spiro atoms. The van der Waals surface area contributed by atoms with Gasteiger partial charge in [-0.1, -0.05) is 23.7 Å². The van der Waals surface area contributed by atoms with E-state index in [1.54, 1.807) is 36.7 Å². The minimum atomic E-state index is -3.71. The first-order chi connectivity index (χ1) is 18.3. The van der Waals surface area contributed by atoms with Gasteiger partial charge in [-0.2, -0.15) is 9.97 Å². The summed E-state index contributed by atoms with van der Waals surface area (Å²) in [7, 11) is -3.71. The van der Waals surface area contributed by atoms with E-state index in [4.69, 9.17) is 16.6 Å². The zero-order valence-electron chi connectivity index (χ0n) is 20.9. The smallest absolute Gasteiger partial charge is 0.240 e. The van der Waals surface area contributed by atoms with Gasteiger partial charge in [-0.15, -0.1) is 0 Å². The van der Waals surface area contributed by atoms with Crippen molar-refractivity contribution >= 4 is 50.2 Å². The first kappa shape index (κ1) is 26.4. The van der Waals surface area contributed by atoms with E-state index in [1.807, 2.05) is 17.6 Å². The van der Waals surface area contributed by atoms with Gasteiger partial charge in [0, 0.05) is 29.8 Å². The zero-order chi connectivity index (χ0) is 26.7. The highest BCUT2D eigenvalue weighted by Crippen LogP contribution is 2.27. The van der Waals surface area contributed by atoms with Crippen molar-refractivity contribution in [3.05, 3.63) is 65.4 Å². The Balaban J connectivity index is 1.34. The van der Waals surface area contributed by atoms with Gasteiger partial charge in [0.15, 0.2) is 17.0 Å². The topological polar surface area (TPSA) is 134 Å². The van der Waals surface area contributed by atoms with Crippen molar-refractivity contribution in [2.75, 3.05) is 10.6 Å². The van der Waals surface area contributed by atoms with E-state index >= 15 is 0 Å². The second kappa shape index (κ2) is 11.2. The number of aryl methyl sites for hydroxylation is 1. The lowest BCUT2D eigenvalue weighted by molar-refractivity contribution is 0.126. The Labute approximate surface area is 226 Å². The number of hydrogen-bond acceptors (Lipinski definition) is 8. The summed E-state index contributed by atoms with van der Waals surface area (Å²) in [4.78, 5) is 14.0. The summed E-state index contributed by atoms with van der Waals surface area (Å²) in [5, 5.41) is 17.1. The molecule has 0 radical (unpaired) electrons. The van der Waals surface area contributed by atoms with Crippen LogP contribution in [0, 0.1) is 0 Å². The van der Waals surface area contributed by atoms with Crippen molar-refractivity contribution in [1.29, 1.82) is 0 Å². The molecule has 0 amide bonds. The average molecular weight is 556 g/mol. The Morgan fingerprint density at radius 3 is 2.55 bits per heavy atom. The van der Waals surface area contributed by atoms with E-state index in [0.717, 1.165) is 31.2 Å². The van der Waals surface area contributed by atoms with Gasteiger partial charge in [0.25, 0.3) is 0 Å². The monoisotopic (exact) mass is 555 g/mol. The van der Waals surface area contributed by atoms with E-state index in [0.29, 0.717) is 40.2 Å². The first-order valence-electron chi connectivity index (χ1n) is 12.6. The number of aliphatic hydroxyl groups is 1. The van der Waals surface area contributed by atoms with Crippen molar-refractivity contribution in [2.24, 2.45) is 0 Å². The number of aromatic nitrogens is 4. The highest BCUT2D eigenvalue weighted by molar-refractivity contribution is 7.89. The molecule has 2 aromatic heterocycles. The highest BCUT2D eigenvalue weighted by Gasteiger charge is 2.21. The average Bonchev–Trinajstić information content (AvgIpc) is 3.33. The lowest BCUT2D eigenvalue weighted by Crippen LogP contribution is -2.29. The number of imidazole rings is 1. The van der Waals surface area contributed by atoms with Gasteiger partial charge in [0.2, 0.25) is 16.0 Å². The predicted octanol–water partition coefficient (Wildman–Crippen LogP) is 4.44. The molecular formula is C26H30ClN7O3S. The summed E-state index contributed by atoms with van der Waals surface area (Å²) in [6.07, 6.45) is 4.68. The van der Waals surface area contributed by atoms with Gasteiger partial charge in [-0.25, -0.2) is 18.1 Å². The molecule has 2 heterocycles. The summed E-state index contributed by atoms with van der Waals surface area (Å²) in [6.45, 7) is 2.86. The number of nitrogens with zero attached hydrogens (tertiary/aromatic N) is 4. The molecular weight excluding hydrogens is 526 g/mol. The van der Waals surface area contributed by atoms with Crippen LogP contribution in [-0.2, 0) is 23.1 Å². The third-order valence-electron chi connectivity index (χ3n) is 6.62. The van der Waals surface area contributed by atoms with Crippen LogP contribution in [0.5, 0.6) is 0 Å². The third kappa shape index (κ3) is 6.07. The van der Waals surface area contributed by atoms with Crippen molar-refractivity contribution in [1.82, 2.24) is 24.2 Å². The molecule has 0 unspecified atom stereocenters. The summed E-state index contributed by atoms with van der Waals surface area (Å²) in [5.74, 6) is 1.01. The molecule has 10 nitrogen and oxygen atoms in total. The predicted molar refractivity (Wildman–Crippen MR) is 148 cm³/mol. The van der Waals surface area contributed by atoms with E-state index in [9.17, 15) is 13.5 Å². The minimum absolute atomic E-state index is 0.137. The van der Waals surface area contributed by atoms with Crippen LogP contribution in [0.25, 0.3) is 11.2 Å². The number of anilines is 3. The first-order valence-corrected chi connectivity index (χ1v) is 14.5. The fraction of sp³-hybridized carbons (Fsp3) is 0.346. The van der Waals surface area contributed by atoms with Crippen LogP contribution in [-0.4, -0.2) is 45.2 Å². The number of benzene rings is 2. The van der Waals surface area contributed by atoms with E-state index in [2.05, 4.69) is 25.3 Å². The van der Waals surface area contributed by atoms with Gasteiger partial charge in [-0.3, -0.25) is 0 Å². The van der Waals surface area contributed by atoms with Gasteiger partial charge in [0.05, 0.1) is 17.3 Å². The number of halogens is 1. The van der Waals surface area contributed by atoms with Crippen molar-refractivity contribution in [2.45, 2.75) is 62.7 Å². The molecule has 4 aromatic rings. The Morgan fingerprint density at radius 1 is 1.08 bits per heavy atom. The molecule has 4 N–H and O–H groups in total. The Hall–Kier alpha value is -3.25. The number of aliphatic hydroxyl groups excluding tert-OH is 1. The molecule has 38 heavy (non-hydrogen) atoms. The fourth-order valence-electron chi connectivity index (χ4n) is 4.49. The maximum absolute atomic E-state index is 12.8. The molecule has 1 aliphatic carbocycles. The Bertz CT molecular complexity index is 1520. The number of rotatable bonds is 9. The number of hydrogen-bond donors (Lipinski definition) is 4. The number of fused-ring (bicyclic) bond motifs is 1. The third-order valence-corrected chi connectivity index (χ3v) is 8.27. The molecule has 200 valence electrons. The van der Waals surface area contributed by atoms with Crippen LogP contribution in [0.3, 0.4) is 0 Å². The zero-order valence-corrected chi connectivity index (χ0v) is 22.5. The van der Waals surface area contributed by atoms with Crippen LogP contribution in [0.1, 0.15) is 38.2 Å². The van der Waals surface area contributed by atoms with Crippen molar-refractivity contribution in [3.63, 3.8) is 0 Å². The molecule has 1 fully saturated rings. The standard InChI is InChI=1S/C26H30ClN7O3S/c1-2-34-16-28-23-24(32-26(33-25(23)34)31-20-6-10-21(35)11-7-20)30-19-8-12-22(13-9-19)38(36,37)29-15-17-4-3-5-18(27)14-17/h3-5,8-9,12-14,16,20-21,29,35H,2,6-7,10-11,15H2,1H3,(H2,30,31,32,33). The molecule has 1 aliphatic rings. The Morgan fingerprint density at radius 2 is 1.84 bits per heavy atom. The van der Waals surface area contributed by atoms with Crippen LogP contribution in [0.2, 0.25) is 5.02 Å². The van der Waals surface area contributed by atoms with Gasteiger partial charge in [0.1, 0.15) is 0 Å². The van der Waals surface area contributed by atoms with Gasteiger partial charge in [-0.05, 0) is 74.6 Å². The Kier molecular flexibility index (Phi) is 7.80. The SMILES string of the molecule is CCn1cnc2c(Nc3ccc(S(=O)(=O)NCc4cccc(Cl)c4)cc3)nc(NC3CCC(O)CC3)nc21. The normalized spacial score (nSPS) is 18.0.